The summed E-state index contributed by atoms with van der Waals surface area (Å²) in [5.41, 5.74) is 4.68. The number of aromatic carboxylic acids is 1. The fraction of sp³-hybridized carbons (Fsp3) is 0.188. The van der Waals surface area contributed by atoms with Gasteiger partial charge in [0.25, 0.3) is 0 Å². The van der Waals surface area contributed by atoms with E-state index in [1.807, 2.05) is 72.6 Å². The summed E-state index contributed by atoms with van der Waals surface area (Å²) in [7, 11) is 1.95. The number of ketones is 1. The van der Waals surface area contributed by atoms with Crippen molar-refractivity contribution in [2.24, 2.45) is 0 Å². The van der Waals surface area contributed by atoms with Crippen molar-refractivity contribution in [2.45, 2.75) is 33.8 Å². The van der Waals surface area contributed by atoms with Gasteiger partial charge in [0.15, 0.2) is 5.78 Å². The Kier molecular flexibility index (Phi) is 10.1. The second-order valence-electron chi connectivity index (χ2n) is 8.98. The SMILES string of the molecule is CCC(C)=CC(=CC=C(C)C(=O)c1cc(OCc2ccccc2)cc(C(=O)O)c1)N(C)c1ccc(Cl)cc1. The van der Waals surface area contributed by atoms with E-state index in [1.165, 1.54) is 17.7 Å². The quantitative estimate of drug-likeness (QED) is 0.154. The number of halogens is 1. The van der Waals surface area contributed by atoms with Crippen molar-refractivity contribution in [3.8, 4) is 5.75 Å². The number of hydrogen-bond donors (Lipinski definition) is 1. The van der Waals surface area contributed by atoms with Crippen LogP contribution >= 0.6 is 11.6 Å². The molecule has 0 saturated heterocycles. The minimum absolute atomic E-state index is 0.00748. The molecule has 0 spiro atoms. The van der Waals surface area contributed by atoms with E-state index in [0.717, 1.165) is 23.4 Å². The lowest BCUT2D eigenvalue weighted by Gasteiger charge is -2.21. The molecule has 0 amide bonds. The van der Waals surface area contributed by atoms with Crippen molar-refractivity contribution in [2.75, 3.05) is 11.9 Å². The highest BCUT2D eigenvalue weighted by molar-refractivity contribution is 6.30. The zero-order valence-corrected chi connectivity index (χ0v) is 22.8. The number of allylic oxidation sites excluding steroid dienone is 5. The molecule has 3 aromatic carbocycles. The Hall–Kier alpha value is -4.09. The van der Waals surface area contributed by atoms with Crippen LogP contribution in [0.4, 0.5) is 5.69 Å². The Labute approximate surface area is 229 Å². The second-order valence-corrected chi connectivity index (χ2v) is 9.41. The zero-order valence-electron chi connectivity index (χ0n) is 22.1. The number of anilines is 1. The molecule has 0 unspecified atom stereocenters. The number of likely N-dealkylation sites (N-methyl/N-ethyl adjacent to an activating group) is 1. The molecule has 1 N–H and O–H groups in total. The van der Waals surface area contributed by atoms with E-state index in [2.05, 4.69) is 19.9 Å². The minimum atomic E-state index is -1.13. The summed E-state index contributed by atoms with van der Waals surface area (Å²) in [4.78, 5) is 27.1. The molecule has 196 valence electrons. The molecule has 0 aliphatic heterocycles. The minimum Gasteiger partial charge on any atom is -0.489 e. The summed E-state index contributed by atoms with van der Waals surface area (Å²) in [6.45, 7) is 6.12. The fourth-order valence-electron chi connectivity index (χ4n) is 3.62. The van der Waals surface area contributed by atoms with Crippen molar-refractivity contribution in [1.82, 2.24) is 0 Å². The summed E-state index contributed by atoms with van der Waals surface area (Å²) >= 11 is 6.05. The topological polar surface area (TPSA) is 66.8 Å². The standard InChI is InChI=1S/C32H32ClNO4/c1-5-22(2)17-29(34(4)28-15-12-27(33)13-16-28)14-11-23(3)31(35)25-18-26(32(36)37)20-30(19-25)38-21-24-9-7-6-8-10-24/h6-20H,5,21H2,1-4H3,(H,36,37). The van der Waals surface area contributed by atoms with Crippen LogP contribution in [0.2, 0.25) is 5.02 Å². The number of ether oxygens (including phenoxy) is 1. The Balaban J connectivity index is 1.91. The molecule has 6 heteroatoms. The van der Waals surface area contributed by atoms with Crippen molar-refractivity contribution in [3.63, 3.8) is 0 Å². The van der Waals surface area contributed by atoms with Gasteiger partial charge >= 0.3 is 5.97 Å². The van der Waals surface area contributed by atoms with Crippen LogP contribution in [0.3, 0.4) is 0 Å². The van der Waals surface area contributed by atoms with Gasteiger partial charge in [0, 0.05) is 29.0 Å². The van der Waals surface area contributed by atoms with Crippen LogP contribution in [-0.4, -0.2) is 23.9 Å². The first-order chi connectivity index (χ1) is 18.2. The first kappa shape index (κ1) is 28.5. The molecule has 0 aliphatic carbocycles. The van der Waals surface area contributed by atoms with E-state index < -0.39 is 5.97 Å². The number of carboxylic acid groups (broad SMARTS) is 1. The maximum atomic E-state index is 13.3. The van der Waals surface area contributed by atoms with Gasteiger partial charge in [-0.15, -0.1) is 0 Å². The molecule has 3 rings (SSSR count). The zero-order chi connectivity index (χ0) is 27.7. The molecule has 3 aromatic rings. The van der Waals surface area contributed by atoms with Crippen LogP contribution in [0.15, 0.2) is 108 Å². The molecule has 0 heterocycles. The highest BCUT2D eigenvalue weighted by Gasteiger charge is 2.15. The normalized spacial score (nSPS) is 12.3. The fourth-order valence-corrected chi connectivity index (χ4v) is 3.74. The van der Waals surface area contributed by atoms with E-state index in [-0.39, 0.29) is 23.5 Å². The number of nitrogens with zero attached hydrogens (tertiary/aromatic N) is 1. The summed E-state index contributed by atoms with van der Waals surface area (Å²) in [6, 6.07) is 21.5. The van der Waals surface area contributed by atoms with Gasteiger partial charge < -0.3 is 14.7 Å². The molecule has 0 fully saturated rings. The molecular formula is C32H32ClNO4. The molecule has 38 heavy (non-hydrogen) atoms. The number of carbonyl (C=O) groups is 2. The van der Waals surface area contributed by atoms with Crippen molar-refractivity contribution in [1.29, 1.82) is 0 Å². The first-order valence-corrected chi connectivity index (χ1v) is 12.7. The van der Waals surface area contributed by atoms with Crippen LogP contribution in [0.5, 0.6) is 5.75 Å². The lowest BCUT2D eigenvalue weighted by molar-refractivity contribution is 0.0696. The maximum Gasteiger partial charge on any atom is 0.335 e. The van der Waals surface area contributed by atoms with Crippen molar-refractivity contribution >= 4 is 29.0 Å². The lowest BCUT2D eigenvalue weighted by Crippen LogP contribution is -2.15. The number of benzene rings is 3. The monoisotopic (exact) mass is 529 g/mol. The average Bonchev–Trinajstić information content (AvgIpc) is 2.93. The van der Waals surface area contributed by atoms with E-state index in [9.17, 15) is 14.7 Å². The van der Waals surface area contributed by atoms with Gasteiger partial charge in [-0.1, -0.05) is 60.5 Å². The van der Waals surface area contributed by atoms with Crippen LogP contribution < -0.4 is 9.64 Å². The third-order valence-corrected chi connectivity index (χ3v) is 6.33. The van der Waals surface area contributed by atoms with E-state index in [4.69, 9.17) is 16.3 Å². The summed E-state index contributed by atoms with van der Waals surface area (Å²) in [5.74, 6) is -1.08. The van der Waals surface area contributed by atoms with Gasteiger partial charge in [0.05, 0.1) is 5.56 Å². The molecule has 0 saturated carbocycles. The van der Waals surface area contributed by atoms with Gasteiger partial charge in [-0.05, 0) is 86.0 Å². The number of carbonyl (C=O) groups excluding carboxylic acids is 1. The van der Waals surface area contributed by atoms with Crippen LogP contribution in [0.1, 0.15) is 53.5 Å². The Morgan fingerprint density at radius 1 is 0.947 bits per heavy atom. The van der Waals surface area contributed by atoms with Crippen LogP contribution in [0, 0.1) is 0 Å². The Morgan fingerprint density at radius 3 is 2.24 bits per heavy atom. The van der Waals surface area contributed by atoms with Gasteiger partial charge in [-0.2, -0.15) is 0 Å². The number of Topliss-reactive ketones (excluding diaryl/α,β-unsaturated/α-hetero) is 1. The summed E-state index contributed by atoms with van der Waals surface area (Å²) in [6.07, 6.45) is 6.60. The van der Waals surface area contributed by atoms with E-state index in [1.54, 1.807) is 19.1 Å². The average molecular weight is 530 g/mol. The highest BCUT2D eigenvalue weighted by Crippen LogP contribution is 2.24. The first-order valence-electron chi connectivity index (χ1n) is 12.3. The third-order valence-electron chi connectivity index (χ3n) is 6.08. The number of hydrogen-bond acceptors (Lipinski definition) is 4. The predicted octanol–water partition coefficient (Wildman–Crippen LogP) is 8.12. The summed E-state index contributed by atoms with van der Waals surface area (Å²) < 4.78 is 5.83. The van der Waals surface area contributed by atoms with Gasteiger partial charge in [0.2, 0.25) is 0 Å². The van der Waals surface area contributed by atoms with Crippen LogP contribution in [0.25, 0.3) is 0 Å². The summed E-state index contributed by atoms with van der Waals surface area (Å²) in [5, 5.41) is 10.3. The molecule has 5 nitrogen and oxygen atoms in total. The lowest BCUT2D eigenvalue weighted by atomic mass is 10.0. The van der Waals surface area contributed by atoms with E-state index >= 15 is 0 Å². The van der Waals surface area contributed by atoms with Crippen molar-refractivity contribution in [3.05, 3.63) is 130 Å². The smallest absolute Gasteiger partial charge is 0.335 e. The highest BCUT2D eigenvalue weighted by atomic mass is 35.5. The number of rotatable bonds is 11. The van der Waals surface area contributed by atoms with Crippen molar-refractivity contribution < 1.29 is 19.4 Å². The Bertz CT molecular complexity index is 1370. The molecule has 0 bridgehead atoms. The molecule has 0 aliphatic rings. The molecular weight excluding hydrogens is 498 g/mol. The Morgan fingerprint density at radius 2 is 1.61 bits per heavy atom. The van der Waals surface area contributed by atoms with Gasteiger partial charge in [-0.3, -0.25) is 4.79 Å². The predicted molar refractivity (Wildman–Crippen MR) is 154 cm³/mol. The number of carboxylic acids is 1. The largest absolute Gasteiger partial charge is 0.489 e. The van der Waals surface area contributed by atoms with Crippen LogP contribution in [-0.2, 0) is 6.61 Å². The third kappa shape index (κ3) is 7.95. The maximum absolute atomic E-state index is 13.3. The van der Waals surface area contributed by atoms with E-state index in [0.29, 0.717) is 16.3 Å². The molecule has 0 aromatic heterocycles. The molecule has 0 atom stereocenters. The van der Waals surface area contributed by atoms with Gasteiger partial charge in [-0.25, -0.2) is 4.79 Å². The molecule has 0 radical (unpaired) electrons. The van der Waals surface area contributed by atoms with Gasteiger partial charge in [0.1, 0.15) is 12.4 Å². The second kappa shape index (κ2) is 13.5.